The lowest BCUT2D eigenvalue weighted by Crippen LogP contribution is -2.53. The molecule has 8 nitrogen and oxygen atoms in total. The number of esters is 3. The van der Waals surface area contributed by atoms with E-state index in [4.69, 9.17) is 18.9 Å². The molecule has 1 N–H and O–H groups in total. The topological polar surface area (TPSA) is 108 Å². The molecule has 1 aliphatic rings. The number of hydrogen-bond donors (Lipinski definition) is 1. The molecule has 0 spiro atoms. The van der Waals surface area contributed by atoms with Gasteiger partial charge >= 0.3 is 17.9 Å². The standard InChI is InChI=1S/C12H18O8/c1-6(13)17-5-10-12(19-8(3)15)9(18-7(2)14)4-11(16)20-10/h9-12,16H,4-5H2,1-3H3. The average Bonchev–Trinajstić information content (AvgIpc) is 2.28. The van der Waals surface area contributed by atoms with Crippen molar-refractivity contribution >= 4 is 17.9 Å². The van der Waals surface area contributed by atoms with Crippen molar-refractivity contribution in [2.45, 2.75) is 51.8 Å². The lowest BCUT2D eigenvalue weighted by molar-refractivity contribution is -0.252. The summed E-state index contributed by atoms with van der Waals surface area (Å²) in [5, 5.41) is 9.59. The predicted octanol–water partition coefficient (Wildman–Crippen LogP) is -0.480. The minimum Gasteiger partial charge on any atom is -0.463 e. The van der Waals surface area contributed by atoms with Crippen LogP contribution in [0.1, 0.15) is 27.2 Å². The van der Waals surface area contributed by atoms with Crippen LogP contribution in [0.4, 0.5) is 0 Å². The summed E-state index contributed by atoms with van der Waals surface area (Å²) >= 11 is 0. The molecule has 114 valence electrons. The van der Waals surface area contributed by atoms with Crippen molar-refractivity contribution in [2.75, 3.05) is 6.61 Å². The molecule has 4 unspecified atom stereocenters. The molecule has 0 aromatic heterocycles. The molecule has 4 atom stereocenters. The van der Waals surface area contributed by atoms with Gasteiger partial charge in [0.25, 0.3) is 0 Å². The van der Waals surface area contributed by atoms with E-state index in [2.05, 4.69) is 0 Å². The second-order valence-corrected chi connectivity index (χ2v) is 4.39. The zero-order valence-corrected chi connectivity index (χ0v) is 11.5. The smallest absolute Gasteiger partial charge is 0.303 e. The molecule has 1 aliphatic heterocycles. The van der Waals surface area contributed by atoms with Gasteiger partial charge in [0.15, 0.2) is 12.4 Å². The van der Waals surface area contributed by atoms with Gasteiger partial charge in [-0.25, -0.2) is 0 Å². The van der Waals surface area contributed by atoms with Crippen molar-refractivity contribution in [2.24, 2.45) is 0 Å². The van der Waals surface area contributed by atoms with Crippen LogP contribution in [0.2, 0.25) is 0 Å². The quantitative estimate of drug-likeness (QED) is 0.546. The van der Waals surface area contributed by atoms with Gasteiger partial charge in [0, 0.05) is 27.2 Å². The Kier molecular flexibility index (Phi) is 5.90. The number of ether oxygens (including phenoxy) is 4. The maximum Gasteiger partial charge on any atom is 0.303 e. The molecule has 1 fully saturated rings. The van der Waals surface area contributed by atoms with E-state index in [1.165, 1.54) is 20.8 Å². The van der Waals surface area contributed by atoms with Crippen molar-refractivity contribution in [3.8, 4) is 0 Å². The zero-order chi connectivity index (χ0) is 15.3. The summed E-state index contributed by atoms with van der Waals surface area (Å²) < 4.78 is 20.0. The highest BCUT2D eigenvalue weighted by Gasteiger charge is 2.43. The van der Waals surface area contributed by atoms with E-state index in [0.29, 0.717) is 0 Å². The summed E-state index contributed by atoms with van der Waals surface area (Å²) in [5.74, 6) is -1.72. The van der Waals surface area contributed by atoms with Gasteiger partial charge in [-0.15, -0.1) is 0 Å². The first-order valence-electron chi connectivity index (χ1n) is 6.11. The Bertz CT molecular complexity index is 380. The molecule has 0 saturated carbocycles. The van der Waals surface area contributed by atoms with Crippen LogP contribution in [0, 0.1) is 0 Å². The van der Waals surface area contributed by atoms with E-state index in [1.807, 2.05) is 0 Å². The van der Waals surface area contributed by atoms with Crippen molar-refractivity contribution < 1.29 is 38.4 Å². The maximum absolute atomic E-state index is 11.1. The molecule has 0 aliphatic carbocycles. The minimum absolute atomic E-state index is 0.0336. The summed E-state index contributed by atoms with van der Waals surface area (Å²) in [7, 11) is 0. The normalized spacial score (nSPS) is 29.4. The average molecular weight is 290 g/mol. The van der Waals surface area contributed by atoms with Crippen molar-refractivity contribution in [3.05, 3.63) is 0 Å². The van der Waals surface area contributed by atoms with Gasteiger partial charge in [-0.1, -0.05) is 0 Å². The second-order valence-electron chi connectivity index (χ2n) is 4.39. The van der Waals surface area contributed by atoms with Gasteiger partial charge in [-0.2, -0.15) is 0 Å². The fraction of sp³-hybridized carbons (Fsp3) is 0.750. The Morgan fingerprint density at radius 3 is 2.20 bits per heavy atom. The van der Waals surface area contributed by atoms with Crippen LogP contribution in [0.5, 0.6) is 0 Å². The molecule has 0 amide bonds. The Labute approximate surface area is 115 Å². The van der Waals surface area contributed by atoms with Crippen LogP contribution >= 0.6 is 0 Å². The molecule has 20 heavy (non-hydrogen) atoms. The molecular weight excluding hydrogens is 272 g/mol. The van der Waals surface area contributed by atoms with Gasteiger partial charge < -0.3 is 24.1 Å². The first-order valence-corrected chi connectivity index (χ1v) is 6.11. The summed E-state index contributed by atoms with van der Waals surface area (Å²) in [6, 6.07) is 0. The summed E-state index contributed by atoms with van der Waals surface area (Å²) in [5.41, 5.74) is 0. The molecule has 1 heterocycles. The highest BCUT2D eigenvalue weighted by Crippen LogP contribution is 2.25. The van der Waals surface area contributed by atoms with Gasteiger partial charge in [-0.05, 0) is 0 Å². The van der Waals surface area contributed by atoms with Crippen LogP contribution < -0.4 is 0 Å². The fourth-order valence-electron chi connectivity index (χ4n) is 1.91. The number of aliphatic hydroxyl groups is 1. The van der Waals surface area contributed by atoms with E-state index in [1.54, 1.807) is 0 Å². The van der Waals surface area contributed by atoms with E-state index >= 15 is 0 Å². The maximum atomic E-state index is 11.1. The van der Waals surface area contributed by atoms with Crippen molar-refractivity contribution in [3.63, 3.8) is 0 Å². The molecular formula is C12H18O8. The highest BCUT2D eigenvalue weighted by molar-refractivity contribution is 5.67. The predicted molar refractivity (Wildman–Crippen MR) is 63.2 cm³/mol. The Morgan fingerprint density at radius 1 is 1.10 bits per heavy atom. The number of carbonyl (C=O) groups is 3. The van der Waals surface area contributed by atoms with Gasteiger partial charge in [-0.3, -0.25) is 14.4 Å². The van der Waals surface area contributed by atoms with E-state index in [-0.39, 0.29) is 13.0 Å². The number of carbonyl (C=O) groups excluding carboxylic acids is 3. The number of rotatable bonds is 4. The molecule has 0 bridgehead atoms. The lowest BCUT2D eigenvalue weighted by atomic mass is 10.0. The van der Waals surface area contributed by atoms with Crippen LogP contribution in [-0.2, 0) is 33.3 Å². The third-order valence-corrected chi connectivity index (χ3v) is 2.57. The third kappa shape index (κ3) is 5.14. The molecule has 1 rings (SSSR count). The van der Waals surface area contributed by atoms with Gasteiger partial charge in [0.2, 0.25) is 0 Å². The molecule has 0 radical (unpaired) electrons. The monoisotopic (exact) mass is 290 g/mol. The van der Waals surface area contributed by atoms with Crippen LogP contribution in [-0.4, -0.2) is 54.2 Å². The highest BCUT2D eigenvalue weighted by atomic mass is 16.7. The van der Waals surface area contributed by atoms with Crippen LogP contribution in [0.25, 0.3) is 0 Å². The SMILES string of the molecule is CC(=O)OCC1OC(O)CC(OC(C)=O)C1OC(C)=O. The minimum atomic E-state index is -1.20. The van der Waals surface area contributed by atoms with Crippen LogP contribution in [0.3, 0.4) is 0 Å². The molecule has 1 saturated heterocycles. The van der Waals surface area contributed by atoms with E-state index in [9.17, 15) is 19.5 Å². The Balaban J connectivity index is 2.82. The van der Waals surface area contributed by atoms with Crippen LogP contribution in [0.15, 0.2) is 0 Å². The summed E-state index contributed by atoms with van der Waals surface area (Å²) in [6.07, 6.45) is -3.95. The van der Waals surface area contributed by atoms with Gasteiger partial charge in [0.1, 0.15) is 18.8 Å². The second kappa shape index (κ2) is 7.20. The number of aliphatic hydroxyl groups excluding tert-OH is 1. The third-order valence-electron chi connectivity index (χ3n) is 2.57. The van der Waals surface area contributed by atoms with E-state index in [0.717, 1.165) is 0 Å². The van der Waals surface area contributed by atoms with E-state index < -0.39 is 42.5 Å². The Hall–Kier alpha value is -1.67. The molecule has 0 aromatic rings. The van der Waals surface area contributed by atoms with Gasteiger partial charge in [0.05, 0.1) is 0 Å². The van der Waals surface area contributed by atoms with Crippen molar-refractivity contribution in [1.29, 1.82) is 0 Å². The van der Waals surface area contributed by atoms with Crippen molar-refractivity contribution in [1.82, 2.24) is 0 Å². The summed E-state index contributed by atoms with van der Waals surface area (Å²) in [6.45, 7) is 3.39. The summed E-state index contributed by atoms with van der Waals surface area (Å²) in [4.78, 5) is 33.0. The largest absolute Gasteiger partial charge is 0.463 e. The molecule has 0 aromatic carbocycles. The fourth-order valence-corrected chi connectivity index (χ4v) is 1.91. The lowest BCUT2D eigenvalue weighted by Gasteiger charge is -2.38. The number of hydrogen-bond acceptors (Lipinski definition) is 8. The first-order chi connectivity index (χ1) is 9.29. The zero-order valence-electron chi connectivity index (χ0n) is 11.5. The first kappa shape index (κ1) is 16.4. The molecule has 8 heteroatoms. The Morgan fingerprint density at radius 2 is 1.70 bits per heavy atom.